The van der Waals surface area contributed by atoms with Crippen molar-refractivity contribution in [2.75, 3.05) is 7.11 Å². The molecule has 25 heavy (non-hydrogen) atoms. The zero-order chi connectivity index (χ0) is 18.0. The van der Waals surface area contributed by atoms with Gasteiger partial charge in [-0.05, 0) is 55.0 Å². The summed E-state index contributed by atoms with van der Waals surface area (Å²) >= 11 is 0. The van der Waals surface area contributed by atoms with E-state index >= 15 is 0 Å². The second-order valence-corrected chi connectivity index (χ2v) is 6.40. The van der Waals surface area contributed by atoms with Crippen LogP contribution in [0.2, 0.25) is 0 Å². The van der Waals surface area contributed by atoms with Gasteiger partial charge in [-0.3, -0.25) is 4.57 Å². The normalized spacial score (nSPS) is 11.3. The number of hydrogen-bond acceptors (Lipinski definition) is 3. The number of ether oxygens (including phenoxy) is 2. The summed E-state index contributed by atoms with van der Waals surface area (Å²) in [6.45, 7) is 6.55. The van der Waals surface area contributed by atoms with Crippen LogP contribution in [0.3, 0.4) is 0 Å². The Hall–Kier alpha value is -2.49. The first-order valence-electron chi connectivity index (χ1n) is 8.87. The molecular weight excluding hydrogens is 312 g/mol. The number of hydrogen-bond donors (Lipinski definition) is 0. The van der Waals surface area contributed by atoms with Gasteiger partial charge in [-0.1, -0.05) is 32.0 Å². The highest BCUT2D eigenvalue weighted by Crippen LogP contribution is 2.39. The van der Waals surface area contributed by atoms with Gasteiger partial charge in [0.05, 0.1) is 12.6 Å². The van der Waals surface area contributed by atoms with Crippen molar-refractivity contribution in [2.24, 2.45) is 7.05 Å². The van der Waals surface area contributed by atoms with E-state index in [-0.39, 0.29) is 0 Å². The highest BCUT2D eigenvalue weighted by Gasteiger charge is 2.22. The van der Waals surface area contributed by atoms with Gasteiger partial charge in [0, 0.05) is 7.05 Å². The highest BCUT2D eigenvalue weighted by molar-refractivity contribution is 5.88. The molecule has 0 bridgehead atoms. The molecule has 132 valence electrons. The predicted molar refractivity (Wildman–Crippen MR) is 102 cm³/mol. The Bertz CT molecular complexity index is 865. The third-order valence-electron chi connectivity index (χ3n) is 4.85. The summed E-state index contributed by atoms with van der Waals surface area (Å²) in [6.07, 6.45) is 2.19. The van der Waals surface area contributed by atoms with Crippen LogP contribution in [0.5, 0.6) is 17.5 Å². The Labute approximate surface area is 149 Å². The fourth-order valence-electron chi connectivity index (χ4n) is 3.50. The van der Waals surface area contributed by atoms with Crippen LogP contribution in [0.25, 0.3) is 11.0 Å². The van der Waals surface area contributed by atoms with Crippen LogP contribution in [-0.2, 0) is 7.05 Å². The molecule has 0 N–H and O–H groups in total. The molecule has 2 aromatic carbocycles. The molecule has 4 heteroatoms. The summed E-state index contributed by atoms with van der Waals surface area (Å²) in [5, 5.41) is 0. The first-order valence-corrected chi connectivity index (χ1v) is 8.87. The van der Waals surface area contributed by atoms with Crippen molar-refractivity contribution in [1.82, 2.24) is 9.55 Å². The molecule has 0 radical (unpaired) electrons. The molecular formula is C21H26N2O2. The first kappa shape index (κ1) is 17.3. The minimum atomic E-state index is 0.493. The van der Waals surface area contributed by atoms with Gasteiger partial charge >= 0.3 is 6.01 Å². The smallest absolute Gasteiger partial charge is 0.302 e. The monoisotopic (exact) mass is 338 g/mol. The maximum Gasteiger partial charge on any atom is 0.302 e. The predicted octanol–water partition coefficient (Wildman–Crippen LogP) is 5.59. The summed E-state index contributed by atoms with van der Waals surface area (Å²) in [5.74, 6) is 2.09. The van der Waals surface area contributed by atoms with E-state index in [1.165, 1.54) is 5.56 Å². The van der Waals surface area contributed by atoms with Crippen molar-refractivity contribution in [3.8, 4) is 17.5 Å². The number of rotatable bonds is 6. The Morgan fingerprint density at radius 3 is 2.40 bits per heavy atom. The molecule has 0 aliphatic heterocycles. The molecule has 0 spiro atoms. The van der Waals surface area contributed by atoms with E-state index in [1.807, 2.05) is 41.9 Å². The Balaban J connectivity index is 2.22. The molecule has 0 saturated heterocycles. The van der Waals surface area contributed by atoms with Crippen LogP contribution in [0.4, 0.5) is 0 Å². The fourth-order valence-corrected chi connectivity index (χ4v) is 3.50. The quantitative estimate of drug-likeness (QED) is 0.588. The number of methoxy groups -OCH3 is 1. The average Bonchev–Trinajstić information content (AvgIpc) is 2.93. The van der Waals surface area contributed by atoms with Crippen molar-refractivity contribution in [2.45, 2.75) is 39.5 Å². The minimum absolute atomic E-state index is 0.493. The zero-order valence-electron chi connectivity index (χ0n) is 15.7. The third-order valence-corrected chi connectivity index (χ3v) is 4.85. The maximum atomic E-state index is 6.03. The zero-order valence-corrected chi connectivity index (χ0v) is 15.7. The molecule has 1 heterocycles. The first-order chi connectivity index (χ1) is 12.1. The van der Waals surface area contributed by atoms with E-state index < -0.39 is 0 Å². The van der Waals surface area contributed by atoms with Gasteiger partial charge < -0.3 is 9.47 Å². The van der Waals surface area contributed by atoms with Crippen molar-refractivity contribution in [3.63, 3.8) is 0 Å². The van der Waals surface area contributed by atoms with E-state index in [4.69, 9.17) is 14.5 Å². The summed E-state index contributed by atoms with van der Waals surface area (Å²) in [4.78, 5) is 4.77. The van der Waals surface area contributed by atoms with Crippen LogP contribution >= 0.6 is 0 Å². The van der Waals surface area contributed by atoms with Gasteiger partial charge in [0.15, 0.2) is 0 Å². The van der Waals surface area contributed by atoms with Crippen molar-refractivity contribution < 1.29 is 9.47 Å². The minimum Gasteiger partial charge on any atom is -0.494 e. The maximum absolute atomic E-state index is 6.03. The molecule has 0 amide bonds. The summed E-state index contributed by atoms with van der Waals surface area (Å²) in [7, 11) is 3.71. The van der Waals surface area contributed by atoms with Crippen molar-refractivity contribution in [3.05, 3.63) is 47.5 Å². The lowest BCUT2D eigenvalue weighted by molar-refractivity contribution is 0.413. The lowest BCUT2D eigenvalue weighted by atomic mass is 9.91. The highest BCUT2D eigenvalue weighted by atomic mass is 16.5. The molecule has 1 aromatic heterocycles. The standard InChI is InChI=1S/C21H26N2O2/c1-6-15(7-2)17-13-14(3)20(24-5)18-19(17)23(4)21(22-18)25-16-11-9-8-10-12-16/h8-13,15H,6-7H2,1-5H3. The van der Waals surface area contributed by atoms with Gasteiger partial charge in [-0.2, -0.15) is 4.98 Å². The van der Waals surface area contributed by atoms with E-state index in [1.54, 1.807) is 7.11 Å². The van der Waals surface area contributed by atoms with E-state index in [0.29, 0.717) is 11.9 Å². The third kappa shape index (κ3) is 3.09. The van der Waals surface area contributed by atoms with E-state index in [9.17, 15) is 0 Å². The molecule has 3 rings (SSSR count). The van der Waals surface area contributed by atoms with E-state index in [0.717, 1.165) is 40.9 Å². The van der Waals surface area contributed by atoms with Crippen LogP contribution in [0.1, 0.15) is 43.7 Å². The van der Waals surface area contributed by atoms with Crippen LogP contribution in [0, 0.1) is 6.92 Å². The Morgan fingerprint density at radius 2 is 1.80 bits per heavy atom. The van der Waals surface area contributed by atoms with Crippen molar-refractivity contribution >= 4 is 11.0 Å². The van der Waals surface area contributed by atoms with Gasteiger partial charge in [0.1, 0.15) is 17.0 Å². The largest absolute Gasteiger partial charge is 0.494 e. The lowest BCUT2D eigenvalue weighted by Crippen LogP contribution is -2.02. The summed E-state index contributed by atoms with van der Waals surface area (Å²) in [5.41, 5.74) is 4.40. The number of benzene rings is 2. The molecule has 0 saturated carbocycles. The molecule has 0 aliphatic carbocycles. The number of imidazole rings is 1. The molecule has 0 atom stereocenters. The molecule has 4 nitrogen and oxygen atoms in total. The van der Waals surface area contributed by atoms with Gasteiger partial charge in [-0.15, -0.1) is 0 Å². The number of aromatic nitrogens is 2. The number of nitrogens with zero attached hydrogens (tertiary/aromatic N) is 2. The second kappa shape index (κ2) is 7.18. The number of para-hydroxylation sites is 1. The molecule has 0 unspecified atom stereocenters. The molecule has 0 aliphatic rings. The van der Waals surface area contributed by atoms with Crippen molar-refractivity contribution in [1.29, 1.82) is 0 Å². The summed E-state index contributed by atoms with van der Waals surface area (Å²) < 4.78 is 13.7. The van der Waals surface area contributed by atoms with Gasteiger partial charge in [0.2, 0.25) is 0 Å². The second-order valence-electron chi connectivity index (χ2n) is 6.40. The lowest BCUT2D eigenvalue weighted by Gasteiger charge is -2.17. The SMILES string of the molecule is CCC(CC)c1cc(C)c(OC)c2nc(Oc3ccccc3)n(C)c12. The van der Waals surface area contributed by atoms with Gasteiger partial charge in [0.25, 0.3) is 0 Å². The van der Waals surface area contributed by atoms with E-state index in [2.05, 4.69) is 26.8 Å². The fraction of sp³-hybridized carbons (Fsp3) is 0.381. The number of aryl methyl sites for hydroxylation is 2. The molecule has 3 aromatic rings. The topological polar surface area (TPSA) is 36.3 Å². The van der Waals surface area contributed by atoms with Gasteiger partial charge in [-0.25, -0.2) is 0 Å². The van der Waals surface area contributed by atoms with Crippen LogP contribution < -0.4 is 9.47 Å². The number of fused-ring (bicyclic) bond motifs is 1. The van der Waals surface area contributed by atoms with Crippen LogP contribution in [0.15, 0.2) is 36.4 Å². The van der Waals surface area contributed by atoms with Crippen LogP contribution in [-0.4, -0.2) is 16.7 Å². The molecule has 0 fully saturated rings. The Morgan fingerprint density at radius 1 is 1.12 bits per heavy atom. The summed E-state index contributed by atoms with van der Waals surface area (Å²) in [6, 6.07) is 12.6. The average molecular weight is 338 g/mol. The Kier molecular flexibility index (Phi) is 4.98.